The van der Waals surface area contributed by atoms with Gasteiger partial charge >= 0.3 is 5.97 Å². The number of amides is 1. The first kappa shape index (κ1) is 22.2. The minimum Gasteiger partial charge on any atom is -0.449 e. The van der Waals surface area contributed by atoms with Gasteiger partial charge in [0.25, 0.3) is 5.91 Å². The monoisotopic (exact) mass is 451 g/mol. The zero-order valence-electron chi connectivity index (χ0n) is 18.4. The number of benzene rings is 2. The molecule has 0 bridgehead atoms. The molecule has 0 radical (unpaired) electrons. The predicted octanol–water partition coefficient (Wildman–Crippen LogP) is 4.76. The molecule has 0 aliphatic carbocycles. The number of halogens is 1. The summed E-state index contributed by atoms with van der Waals surface area (Å²) >= 11 is 6.16. The van der Waals surface area contributed by atoms with Crippen LogP contribution in [0.5, 0.6) is 0 Å². The highest BCUT2D eigenvalue weighted by Crippen LogP contribution is 2.29. The highest BCUT2D eigenvalue weighted by Gasteiger charge is 2.28. The Balaban J connectivity index is 1.63. The third-order valence-electron chi connectivity index (χ3n) is 5.79. The highest BCUT2D eigenvalue weighted by molar-refractivity contribution is 6.31. The Bertz CT molecular complexity index is 1190. The molecule has 1 N–H and O–H groups in total. The molecular weight excluding hydrogens is 426 g/mol. The van der Waals surface area contributed by atoms with Gasteiger partial charge in [0, 0.05) is 46.9 Å². The molecule has 0 spiro atoms. The Morgan fingerprint density at radius 3 is 2.78 bits per heavy atom. The number of hydrogen-bond donors (Lipinski definition) is 1. The number of nitrogens with one attached hydrogen (secondary N) is 1. The summed E-state index contributed by atoms with van der Waals surface area (Å²) in [5.74, 6) is -0.885. The normalized spacial score (nSPS) is 14.6. The zero-order chi connectivity index (χ0) is 22.8. The van der Waals surface area contributed by atoms with E-state index in [0.717, 1.165) is 40.7 Å². The first-order valence-electron chi connectivity index (χ1n) is 10.7. The van der Waals surface area contributed by atoms with Gasteiger partial charge in [-0.2, -0.15) is 0 Å². The van der Waals surface area contributed by atoms with Gasteiger partial charge in [-0.3, -0.25) is 9.78 Å². The Kier molecular flexibility index (Phi) is 6.44. The lowest BCUT2D eigenvalue weighted by molar-refractivity contribution is -0.124. The van der Waals surface area contributed by atoms with Crippen molar-refractivity contribution in [3.8, 4) is 0 Å². The van der Waals surface area contributed by atoms with Crippen LogP contribution in [0, 0.1) is 6.92 Å². The summed E-state index contributed by atoms with van der Waals surface area (Å²) < 4.78 is 5.75. The third-order valence-corrected chi connectivity index (χ3v) is 6.20. The molecule has 1 aromatic heterocycles. The van der Waals surface area contributed by atoms with E-state index in [9.17, 15) is 9.59 Å². The van der Waals surface area contributed by atoms with Crippen LogP contribution in [0.3, 0.4) is 0 Å². The SMILES string of the molecule is CCC(OC(=O)c1c2c(nc3ccccc13)CCN(C)C2)C(=O)Nc1ccc(C)c(Cl)c1. The fourth-order valence-corrected chi connectivity index (χ4v) is 4.14. The number of fused-ring (bicyclic) bond motifs is 2. The maximum absolute atomic E-state index is 13.4. The average Bonchev–Trinajstić information content (AvgIpc) is 2.78. The van der Waals surface area contributed by atoms with Crippen molar-refractivity contribution in [3.63, 3.8) is 0 Å². The van der Waals surface area contributed by atoms with Gasteiger partial charge in [-0.25, -0.2) is 4.79 Å². The standard InChI is InChI=1S/C25H26ClN3O3/c1-4-22(24(30)27-16-10-9-15(2)19(26)13-16)32-25(31)23-17-7-5-6-8-20(17)28-21-11-12-29(3)14-18(21)23/h5-10,13,22H,4,11-12,14H2,1-3H3,(H,27,30). The Labute approximate surface area is 192 Å². The molecule has 2 aromatic carbocycles. The van der Waals surface area contributed by atoms with Gasteiger partial charge in [0.2, 0.25) is 0 Å². The van der Waals surface area contributed by atoms with Crippen LogP contribution in [0.25, 0.3) is 10.9 Å². The number of carbonyl (C=O) groups is 2. The summed E-state index contributed by atoms with van der Waals surface area (Å²) in [6.45, 7) is 5.20. The number of ether oxygens (including phenoxy) is 1. The number of anilines is 1. The van der Waals surface area contributed by atoms with Crippen LogP contribution in [-0.2, 0) is 22.5 Å². The van der Waals surface area contributed by atoms with Crippen LogP contribution < -0.4 is 5.32 Å². The fraction of sp³-hybridized carbons (Fsp3) is 0.320. The molecule has 1 aliphatic rings. The summed E-state index contributed by atoms with van der Waals surface area (Å²) in [4.78, 5) is 33.2. The van der Waals surface area contributed by atoms with Gasteiger partial charge in [0.15, 0.2) is 6.10 Å². The van der Waals surface area contributed by atoms with E-state index >= 15 is 0 Å². The Morgan fingerprint density at radius 2 is 2.03 bits per heavy atom. The summed E-state index contributed by atoms with van der Waals surface area (Å²) in [7, 11) is 2.02. The molecule has 1 unspecified atom stereocenters. The number of rotatable bonds is 5. The van der Waals surface area contributed by atoms with Crippen molar-refractivity contribution in [1.82, 2.24) is 9.88 Å². The second-order valence-electron chi connectivity index (χ2n) is 8.17. The third kappa shape index (κ3) is 4.47. The number of esters is 1. The number of aromatic nitrogens is 1. The molecule has 3 aromatic rings. The molecule has 166 valence electrons. The van der Waals surface area contributed by atoms with Crippen molar-refractivity contribution < 1.29 is 14.3 Å². The van der Waals surface area contributed by atoms with Crippen molar-refractivity contribution in [2.24, 2.45) is 0 Å². The molecule has 2 heterocycles. The largest absolute Gasteiger partial charge is 0.449 e. The second kappa shape index (κ2) is 9.27. The van der Waals surface area contributed by atoms with Gasteiger partial charge in [0.1, 0.15) is 0 Å². The lowest BCUT2D eigenvalue weighted by atomic mass is 9.96. The van der Waals surface area contributed by atoms with Gasteiger partial charge in [-0.15, -0.1) is 0 Å². The number of carbonyl (C=O) groups excluding carboxylic acids is 2. The van der Waals surface area contributed by atoms with Crippen molar-refractivity contribution in [2.75, 3.05) is 18.9 Å². The molecule has 0 saturated carbocycles. The van der Waals surface area contributed by atoms with Gasteiger partial charge < -0.3 is 15.0 Å². The lowest BCUT2D eigenvalue weighted by Crippen LogP contribution is -2.34. The van der Waals surface area contributed by atoms with Crippen LogP contribution in [-0.4, -0.2) is 41.5 Å². The number of para-hydroxylation sites is 1. The van der Waals surface area contributed by atoms with E-state index in [4.69, 9.17) is 21.3 Å². The van der Waals surface area contributed by atoms with Gasteiger partial charge in [0.05, 0.1) is 11.1 Å². The number of aryl methyl sites for hydroxylation is 1. The van der Waals surface area contributed by atoms with E-state index in [1.807, 2.05) is 51.2 Å². The van der Waals surface area contributed by atoms with E-state index in [0.29, 0.717) is 29.2 Å². The van der Waals surface area contributed by atoms with E-state index in [1.165, 1.54) is 0 Å². The molecule has 0 saturated heterocycles. The van der Waals surface area contributed by atoms with Crippen molar-refractivity contribution in [2.45, 2.75) is 39.3 Å². The topological polar surface area (TPSA) is 71.5 Å². The number of likely N-dealkylation sites (N-methyl/N-ethyl adjacent to an activating group) is 1. The van der Waals surface area contributed by atoms with Crippen molar-refractivity contribution in [3.05, 3.63) is 69.9 Å². The maximum Gasteiger partial charge on any atom is 0.340 e. The van der Waals surface area contributed by atoms with E-state index < -0.39 is 12.1 Å². The smallest absolute Gasteiger partial charge is 0.340 e. The molecule has 4 rings (SSSR count). The maximum atomic E-state index is 13.4. The first-order chi connectivity index (χ1) is 15.4. The van der Waals surface area contributed by atoms with Crippen LogP contribution in [0.4, 0.5) is 5.69 Å². The van der Waals surface area contributed by atoms with Crippen LogP contribution in [0.2, 0.25) is 5.02 Å². The fourth-order valence-electron chi connectivity index (χ4n) is 3.96. The molecule has 6 nitrogen and oxygen atoms in total. The number of pyridine rings is 1. The summed E-state index contributed by atoms with van der Waals surface area (Å²) in [6, 6.07) is 12.9. The quantitative estimate of drug-likeness (QED) is 0.566. The molecule has 1 aliphatic heterocycles. The number of nitrogens with zero attached hydrogens (tertiary/aromatic N) is 2. The molecule has 1 atom stereocenters. The Morgan fingerprint density at radius 1 is 1.25 bits per heavy atom. The minimum absolute atomic E-state index is 0.349. The van der Waals surface area contributed by atoms with Crippen molar-refractivity contribution in [1.29, 1.82) is 0 Å². The first-order valence-corrected chi connectivity index (χ1v) is 11.1. The zero-order valence-corrected chi connectivity index (χ0v) is 19.2. The van der Waals surface area contributed by atoms with Gasteiger partial charge in [-0.1, -0.05) is 42.8 Å². The molecule has 32 heavy (non-hydrogen) atoms. The van der Waals surface area contributed by atoms with Crippen LogP contribution in [0.15, 0.2) is 42.5 Å². The van der Waals surface area contributed by atoms with E-state index in [-0.39, 0.29) is 5.91 Å². The molecule has 0 fully saturated rings. The Hall–Kier alpha value is -2.96. The minimum atomic E-state index is -0.925. The predicted molar refractivity (Wildman–Crippen MR) is 126 cm³/mol. The van der Waals surface area contributed by atoms with Gasteiger partial charge in [-0.05, 0) is 44.2 Å². The molecule has 7 heteroatoms. The molecule has 1 amide bonds. The summed E-state index contributed by atoms with van der Waals surface area (Å²) in [5, 5.41) is 4.11. The highest BCUT2D eigenvalue weighted by atomic mass is 35.5. The second-order valence-corrected chi connectivity index (χ2v) is 8.58. The summed E-state index contributed by atoms with van der Waals surface area (Å²) in [5.41, 5.74) is 4.54. The number of hydrogen-bond acceptors (Lipinski definition) is 5. The average molecular weight is 452 g/mol. The summed E-state index contributed by atoms with van der Waals surface area (Å²) in [6.07, 6.45) is 0.192. The lowest BCUT2D eigenvalue weighted by Gasteiger charge is -2.27. The van der Waals surface area contributed by atoms with Crippen LogP contribution >= 0.6 is 11.6 Å². The van der Waals surface area contributed by atoms with Crippen LogP contribution in [0.1, 0.15) is 40.5 Å². The molecular formula is C25H26ClN3O3. The van der Waals surface area contributed by atoms with E-state index in [1.54, 1.807) is 12.1 Å². The van der Waals surface area contributed by atoms with Crippen molar-refractivity contribution >= 4 is 40.1 Å². The van der Waals surface area contributed by atoms with E-state index in [2.05, 4.69) is 10.2 Å².